The van der Waals surface area contributed by atoms with Crippen LogP contribution in [-0.4, -0.2) is 57.5 Å². The number of nitro benzene ring substituents is 1. The normalized spacial score (nSPS) is 16.0. The van der Waals surface area contributed by atoms with Gasteiger partial charge in [-0.3, -0.25) is 14.9 Å². The molecule has 1 aliphatic heterocycles. The van der Waals surface area contributed by atoms with Gasteiger partial charge in [0, 0.05) is 45.4 Å². The third-order valence-corrected chi connectivity index (χ3v) is 4.87. The molecule has 150 valence electrons. The highest BCUT2D eigenvalue weighted by molar-refractivity contribution is 5.71. The van der Waals surface area contributed by atoms with Gasteiger partial charge in [-0.2, -0.15) is 0 Å². The SMILES string of the molecule is CCOC(=O)CC(COC)c1ccc(N(C)C2CCOCC2)c([N+](=O)[O-])c1. The zero-order valence-corrected chi connectivity index (χ0v) is 16.2. The van der Waals surface area contributed by atoms with Gasteiger partial charge in [-0.05, 0) is 31.4 Å². The molecule has 0 saturated carbocycles. The number of nitro groups is 1. The number of anilines is 1. The summed E-state index contributed by atoms with van der Waals surface area (Å²) < 4.78 is 15.6. The number of carbonyl (C=O) groups excluding carboxylic acids is 1. The molecule has 27 heavy (non-hydrogen) atoms. The van der Waals surface area contributed by atoms with Gasteiger partial charge < -0.3 is 19.1 Å². The van der Waals surface area contributed by atoms with E-state index in [9.17, 15) is 14.9 Å². The van der Waals surface area contributed by atoms with Crippen molar-refractivity contribution >= 4 is 17.3 Å². The van der Waals surface area contributed by atoms with Crippen LogP contribution < -0.4 is 4.90 Å². The van der Waals surface area contributed by atoms with Crippen LogP contribution in [0.3, 0.4) is 0 Å². The maximum Gasteiger partial charge on any atom is 0.306 e. The van der Waals surface area contributed by atoms with Gasteiger partial charge in [-0.15, -0.1) is 0 Å². The van der Waals surface area contributed by atoms with E-state index in [1.54, 1.807) is 26.2 Å². The molecule has 1 saturated heterocycles. The zero-order chi connectivity index (χ0) is 19.8. The minimum Gasteiger partial charge on any atom is -0.466 e. The van der Waals surface area contributed by atoms with E-state index in [1.807, 2.05) is 18.0 Å². The van der Waals surface area contributed by atoms with Crippen molar-refractivity contribution in [2.24, 2.45) is 0 Å². The lowest BCUT2D eigenvalue weighted by atomic mass is 9.95. The van der Waals surface area contributed by atoms with Crippen LogP contribution in [0.15, 0.2) is 18.2 Å². The molecule has 8 heteroatoms. The van der Waals surface area contributed by atoms with Crippen LogP contribution in [0.2, 0.25) is 0 Å². The highest BCUT2D eigenvalue weighted by Gasteiger charge is 2.27. The van der Waals surface area contributed by atoms with Gasteiger partial charge in [0.15, 0.2) is 0 Å². The highest BCUT2D eigenvalue weighted by atomic mass is 16.6. The third-order valence-electron chi connectivity index (χ3n) is 4.87. The van der Waals surface area contributed by atoms with E-state index in [-0.39, 0.29) is 41.6 Å². The van der Waals surface area contributed by atoms with Crippen LogP contribution in [0.25, 0.3) is 0 Å². The minimum atomic E-state index is -0.372. The van der Waals surface area contributed by atoms with E-state index in [2.05, 4.69) is 0 Å². The van der Waals surface area contributed by atoms with Crippen LogP contribution in [-0.2, 0) is 19.0 Å². The average Bonchev–Trinajstić information content (AvgIpc) is 2.67. The summed E-state index contributed by atoms with van der Waals surface area (Å²) in [6.45, 7) is 3.65. The number of esters is 1. The van der Waals surface area contributed by atoms with Crippen molar-refractivity contribution in [2.45, 2.75) is 38.1 Å². The Morgan fingerprint density at radius 2 is 2.11 bits per heavy atom. The Morgan fingerprint density at radius 1 is 1.41 bits per heavy atom. The molecule has 1 atom stereocenters. The van der Waals surface area contributed by atoms with E-state index in [1.165, 1.54) is 0 Å². The molecular formula is C19H28N2O6. The number of ether oxygens (including phenoxy) is 3. The van der Waals surface area contributed by atoms with Crippen molar-refractivity contribution in [3.8, 4) is 0 Å². The first kappa shape index (κ1) is 21.1. The fourth-order valence-electron chi connectivity index (χ4n) is 3.40. The molecule has 0 bridgehead atoms. The summed E-state index contributed by atoms with van der Waals surface area (Å²) in [5.41, 5.74) is 1.30. The second-order valence-electron chi connectivity index (χ2n) is 6.62. The first-order valence-electron chi connectivity index (χ1n) is 9.21. The van der Waals surface area contributed by atoms with Gasteiger partial charge in [0.25, 0.3) is 5.69 Å². The summed E-state index contributed by atoms with van der Waals surface area (Å²) >= 11 is 0. The number of methoxy groups -OCH3 is 1. The second-order valence-corrected chi connectivity index (χ2v) is 6.62. The number of carbonyl (C=O) groups is 1. The van der Waals surface area contributed by atoms with Gasteiger partial charge in [0.05, 0.1) is 24.6 Å². The standard InChI is InChI=1S/C19H28N2O6/c1-4-27-19(22)12-15(13-25-3)14-5-6-17(18(11-14)21(23)24)20(2)16-7-9-26-10-8-16/h5-6,11,15-16H,4,7-10,12-13H2,1-3H3. The highest BCUT2D eigenvalue weighted by Crippen LogP contribution is 2.34. The van der Waals surface area contributed by atoms with E-state index in [0.29, 0.717) is 31.1 Å². The number of hydrogen-bond donors (Lipinski definition) is 0. The quantitative estimate of drug-likeness (QED) is 0.369. The van der Waals surface area contributed by atoms with Crippen LogP contribution >= 0.6 is 0 Å². The van der Waals surface area contributed by atoms with E-state index in [0.717, 1.165) is 12.8 Å². The summed E-state index contributed by atoms with van der Waals surface area (Å²) in [6.07, 6.45) is 1.79. The average molecular weight is 380 g/mol. The predicted molar refractivity (Wildman–Crippen MR) is 101 cm³/mol. The molecule has 0 radical (unpaired) electrons. The van der Waals surface area contributed by atoms with Crippen molar-refractivity contribution in [3.63, 3.8) is 0 Å². The summed E-state index contributed by atoms with van der Waals surface area (Å²) in [5.74, 6) is -0.638. The smallest absolute Gasteiger partial charge is 0.306 e. The monoisotopic (exact) mass is 380 g/mol. The third kappa shape index (κ3) is 5.64. The first-order chi connectivity index (χ1) is 13.0. The topological polar surface area (TPSA) is 91.1 Å². The van der Waals surface area contributed by atoms with Crippen LogP contribution in [0, 0.1) is 10.1 Å². The Labute approximate surface area is 159 Å². The van der Waals surface area contributed by atoms with Gasteiger partial charge in [0.1, 0.15) is 5.69 Å². The number of benzene rings is 1. The zero-order valence-electron chi connectivity index (χ0n) is 16.2. The Morgan fingerprint density at radius 3 is 2.70 bits per heavy atom. The fourth-order valence-corrected chi connectivity index (χ4v) is 3.40. The maximum absolute atomic E-state index is 11.9. The Balaban J connectivity index is 2.28. The number of rotatable bonds is 9. The lowest BCUT2D eigenvalue weighted by molar-refractivity contribution is -0.384. The Kier molecular flexibility index (Phi) is 7.99. The van der Waals surface area contributed by atoms with Crippen molar-refractivity contribution in [1.82, 2.24) is 0 Å². The van der Waals surface area contributed by atoms with Gasteiger partial charge >= 0.3 is 5.97 Å². The summed E-state index contributed by atoms with van der Waals surface area (Å²) in [4.78, 5) is 25.2. The molecular weight excluding hydrogens is 352 g/mol. The molecule has 8 nitrogen and oxygen atoms in total. The van der Waals surface area contributed by atoms with Crippen LogP contribution in [0.5, 0.6) is 0 Å². The van der Waals surface area contributed by atoms with Crippen LogP contribution in [0.4, 0.5) is 11.4 Å². The van der Waals surface area contributed by atoms with Gasteiger partial charge in [0.2, 0.25) is 0 Å². The minimum absolute atomic E-state index is 0.0338. The molecule has 1 aliphatic rings. The predicted octanol–water partition coefficient (Wildman–Crippen LogP) is 2.89. The van der Waals surface area contributed by atoms with E-state index in [4.69, 9.17) is 14.2 Å². The maximum atomic E-state index is 11.9. The molecule has 1 aromatic rings. The summed E-state index contributed by atoms with van der Waals surface area (Å²) in [5, 5.41) is 11.7. The molecule has 1 heterocycles. The van der Waals surface area contributed by atoms with Crippen molar-refractivity contribution in [2.75, 3.05) is 45.5 Å². The largest absolute Gasteiger partial charge is 0.466 e. The van der Waals surface area contributed by atoms with Gasteiger partial charge in [-0.25, -0.2) is 0 Å². The molecule has 0 amide bonds. The molecule has 0 spiro atoms. The second kappa shape index (κ2) is 10.2. The molecule has 2 rings (SSSR count). The first-order valence-corrected chi connectivity index (χ1v) is 9.21. The van der Waals surface area contributed by atoms with Crippen molar-refractivity contribution < 1.29 is 23.9 Å². The molecule has 0 aliphatic carbocycles. The van der Waals surface area contributed by atoms with E-state index >= 15 is 0 Å². The molecule has 1 fully saturated rings. The Bertz CT molecular complexity index is 645. The lowest BCUT2D eigenvalue weighted by Crippen LogP contribution is -2.37. The van der Waals surface area contributed by atoms with Crippen LogP contribution in [0.1, 0.15) is 37.7 Å². The van der Waals surface area contributed by atoms with E-state index < -0.39 is 0 Å². The Hall–Kier alpha value is -2.19. The number of hydrogen-bond acceptors (Lipinski definition) is 7. The molecule has 1 unspecified atom stereocenters. The fraction of sp³-hybridized carbons (Fsp3) is 0.632. The molecule has 0 N–H and O–H groups in total. The molecule has 0 aromatic heterocycles. The van der Waals surface area contributed by atoms with Crippen molar-refractivity contribution in [3.05, 3.63) is 33.9 Å². The molecule has 1 aromatic carbocycles. The number of nitrogens with zero attached hydrogens (tertiary/aromatic N) is 2. The van der Waals surface area contributed by atoms with Gasteiger partial charge in [-0.1, -0.05) is 6.07 Å². The summed E-state index contributed by atoms with van der Waals surface area (Å²) in [7, 11) is 3.42. The lowest BCUT2D eigenvalue weighted by Gasteiger charge is -2.32. The summed E-state index contributed by atoms with van der Waals surface area (Å²) in [6, 6.07) is 5.35. The van der Waals surface area contributed by atoms with Crippen molar-refractivity contribution in [1.29, 1.82) is 0 Å².